The molecule has 1 aliphatic rings. The van der Waals surface area contributed by atoms with E-state index in [9.17, 15) is 19.9 Å². The van der Waals surface area contributed by atoms with E-state index in [0.29, 0.717) is 5.56 Å². The fraction of sp³-hybridized carbons (Fsp3) is 0.167. The molecule has 6 heteroatoms. The van der Waals surface area contributed by atoms with Crippen LogP contribution in [0.15, 0.2) is 42.6 Å². The Labute approximate surface area is 103 Å². The van der Waals surface area contributed by atoms with E-state index in [4.69, 9.17) is 0 Å². The molecule has 94 valence electrons. The predicted molar refractivity (Wildman–Crippen MR) is 61.0 cm³/mol. The van der Waals surface area contributed by atoms with Gasteiger partial charge in [0, 0.05) is 6.42 Å². The average Bonchev–Trinajstić information content (AvgIpc) is 2.36. The van der Waals surface area contributed by atoms with Crippen molar-refractivity contribution in [3.8, 4) is 0 Å². The molecule has 0 unspecified atom stereocenters. The molecule has 1 aliphatic heterocycles. The van der Waals surface area contributed by atoms with Gasteiger partial charge in [0.1, 0.15) is 5.70 Å². The lowest BCUT2D eigenvalue weighted by Crippen LogP contribution is -2.66. The van der Waals surface area contributed by atoms with E-state index in [1.165, 1.54) is 0 Å². The lowest BCUT2D eigenvalue weighted by Gasteiger charge is -2.37. The maximum absolute atomic E-state index is 11.7. The Balaban J connectivity index is 2.31. The van der Waals surface area contributed by atoms with E-state index in [1.54, 1.807) is 30.3 Å². The Morgan fingerprint density at radius 2 is 1.89 bits per heavy atom. The average molecular weight is 248 g/mol. The zero-order valence-corrected chi connectivity index (χ0v) is 9.46. The minimum Gasteiger partial charge on any atom is -0.361 e. The van der Waals surface area contributed by atoms with Gasteiger partial charge < -0.3 is 10.4 Å². The SMILES string of the molecule is C=C1NC(=O)[C@](O)(Cc2ccccc2)N(O)C1=O. The summed E-state index contributed by atoms with van der Waals surface area (Å²) >= 11 is 0. The molecule has 0 aliphatic carbocycles. The van der Waals surface area contributed by atoms with Gasteiger partial charge in [0.05, 0.1) is 0 Å². The molecule has 1 aromatic rings. The van der Waals surface area contributed by atoms with Crippen LogP contribution in [-0.2, 0) is 16.0 Å². The third kappa shape index (κ3) is 1.87. The lowest BCUT2D eigenvalue weighted by molar-refractivity contribution is -0.247. The number of carbonyl (C=O) groups excluding carboxylic acids is 2. The van der Waals surface area contributed by atoms with Crippen molar-refractivity contribution in [3.05, 3.63) is 48.2 Å². The number of aliphatic hydroxyl groups is 1. The fourth-order valence-electron chi connectivity index (χ4n) is 1.72. The van der Waals surface area contributed by atoms with E-state index in [0.717, 1.165) is 0 Å². The monoisotopic (exact) mass is 248 g/mol. The lowest BCUT2D eigenvalue weighted by atomic mass is 9.99. The van der Waals surface area contributed by atoms with Crippen LogP contribution in [0.5, 0.6) is 0 Å². The van der Waals surface area contributed by atoms with E-state index in [2.05, 4.69) is 11.9 Å². The van der Waals surface area contributed by atoms with Crippen LogP contribution in [-0.4, -0.2) is 32.9 Å². The predicted octanol–water partition coefficient (Wildman–Crippen LogP) is -0.221. The Morgan fingerprint density at radius 3 is 2.50 bits per heavy atom. The van der Waals surface area contributed by atoms with Crippen LogP contribution in [0.1, 0.15) is 5.56 Å². The summed E-state index contributed by atoms with van der Waals surface area (Å²) < 4.78 is 0. The Hall–Kier alpha value is -2.18. The highest BCUT2D eigenvalue weighted by Crippen LogP contribution is 2.22. The van der Waals surface area contributed by atoms with Crippen molar-refractivity contribution < 1.29 is 19.9 Å². The smallest absolute Gasteiger partial charge is 0.296 e. The van der Waals surface area contributed by atoms with Crippen molar-refractivity contribution in [3.63, 3.8) is 0 Å². The standard InChI is InChI=1S/C12H12N2O4/c1-8-10(15)14(18)12(17,11(16)13-8)7-9-5-3-2-4-6-9/h2-6,17-18H,1,7H2,(H,13,16)/t12-/m1/s1. The molecule has 1 aromatic carbocycles. The van der Waals surface area contributed by atoms with Crippen LogP contribution in [0.2, 0.25) is 0 Å². The zero-order chi connectivity index (χ0) is 13.3. The minimum atomic E-state index is -2.32. The first kappa shape index (κ1) is 12.3. The molecule has 0 spiro atoms. The second kappa shape index (κ2) is 4.25. The Morgan fingerprint density at radius 1 is 1.28 bits per heavy atom. The van der Waals surface area contributed by atoms with Crippen molar-refractivity contribution in [2.45, 2.75) is 12.1 Å². The number of hydrogen-bond acceptors (Lipinski definition) is 4. The van der Waals surface area contributed by atoms with Crippen LogP contribution < -0.4 is 5.32 Å². The molecule has 1 heterocycles. The molecule has 2 amide bonds. The number of hydroxylamine groups is 2. The van der Waals surface area contributed by atoms with Gasteiger partial charge in [-0.3, -0.25) is 14.8 Å². The number of hydrogen-bond donors (Lipinski definition) is 3. The normalized spacial score (nSPS) is 24.1. The summed E-state index contributed by atoms with van der Waals surface area (Å²) in [6.45, 7) is 3.27. The second-order valence-electron chi connectivity index (χ2n) is 4.03. The van der Waals surface area contributed by atoms with Crippen molar-refractivity contribution in [2.24, 2.45) is 0 Å². The summed E-state index contributed by atoms with van der Waals surface area (Å²) in [5.74, 6) is -1.83. The van der Waals surface area contributed by atoms with E-state index in [1.807, 2.05) is 0 Å². The van der Waals surface area contributed by atoms with Crippen LogP contribution in [0.4, 0.5) is 0 Å². The van der Waals surface area contributed by atoms with Crippen molar-refractivity contribution in [2.75, 3.05) is 0 Å². The van der Waals surface area contributed by atoms with Gasteiger partial charge in [-0.25, -0.2) is 0 Å². The number of carbonyl (C=O) groups is 2. The highest BCUT2D eigenvalue weighted by molar-refractivity contribution is 6.04. The largest absolute Gasteiger partial charge is 0.361 e. The molecular weight excluding hydrogens is 236 g/mol. The molecule has 0 saturated carbocycles. The molecule has 6 nitrogen and oxygen atoms in total. The first-order valence-electron chi connectivity index (χ1n) is 5.25. The van der Waals surface area contributed by atoms with Crippen molar-refractivity contribution in [1.82, 2.24) is 10.4 Å². The van der Waals surface area contributed by atoms with Crippen LogP contribution >= 0.6 is 0 Å². The van der Waals surface area contributed by atoms with Crippen LogP contribution in [0.25, 0.3) is 0 Å². The number of benzene rings is 1. The zero-order valence-electron chi connectivity index (χ0n) is 9.46. The topological polar surface area (TPSA) is 89.9 Å². The molecule has 1 fully saturated rings. The van der Waals surface area contributed by atoms with Crippen molar-refractivity contribution in [1.29, 1.82) is 0 Å². The number of piperazine rings is 1. The van der Waals surface area contributed by atoms with Gasteiger partial charge in [0.15, 0.2) is 0 Å². The van der Waals surface area contributed by atoms with E-state index < -0.39 is 17.5 Å². The Kier molecular flexibility index (Phi) is 2.90. The van der Waals surface area contributed by atoms with Gasteiger partial charge in [-0.2, -0.15) is 5.06 Å². The highest BCUT2D eigenvalue weighted by Gasteiger charge is 2.49. The summed E-state index contributed by atoms with van der Waals surface area (Å²) in [6, 6.07) is 8.57. The van der Waals surface area contributed by atoms with E-state index in [-0.39, 0.29) is 17.2 Å². The van der Waals surface area contributed by atoms with Gasteiger partial charge in [0.2, 0.25) is 5.72 Å². The minimum absolute atomic E-state index is 0.0150. The summed E-state index contributed by atoms with van der Waals surface area (Å²) in [5, 5.41) is 21.9. The number of nitrogens with one attached hydrogen (secondary N) is 1. The fourth-order valence-corrected chi connectivity index (χ4v) is 1.72. The molecular formula is C12H12N2O4. The highest BCUT2D eigenvalue weighted by atomic mass is 16.6. The third-order valence-electron chi connectivity index (χ3n) is 2.72. The maximum atomic E-state index is 11.7. The number of amides is 2. The van der Waals surface area contributed by atoms with Gasteiger partial charge >= 0.3 is 0 Å². The Bertz CT molecular complexity index is 514. The maximum Gasteiger partial charge on any atom is 0.296 e. The molecule has 0 radical (unpaired) electrons. The molecule has 0 bridgehead atoms. The number of rotatable bonds is 2. The number of nitrogens with zero attached hydrogens (tertiary/aromatic N) is 1. The van der Waals surface area contributed by atoms with Crippen LogP contribution in [0.3, 0.4) is 0 Å². The van der Waals surface area contributed by atoms with Gasteiger partial charge in [0.25, 0.3) is 11.8 Å². The van der Waals surface area contributed by atoms with Gasteiger partial charge in [-0.15, -0.1) is 0 Å². The van der Waals surface area contributed by atoms with Gasteiger partial charge in [-0.05, 0) is 5.56 Å². The van der Waals surface area contributed by atoms with Crippen LogP contribution in [0, 0.1) is 0 Å². The molecule has 0 aromatic heterocycles. The van der Waals surface area contributed by atoms with E-state index >= 15 is 0 Å². The molecule has 3 N–H and O–H groups in total. The third-order valence-corrected chi connectivity index (χ3v) is 2.72. The summed E-state index contributed by atoms with van der Waals surface area (Å²) in [7, 11) is 0. The second-order valence-corrected chi connectivity index (χ2v) is 4.03. The molecule has 1 saturated heterocycles. The molecule has 1 atom stereocenters. The first-order valence-corrected chi connectivity index (χ1v) is 5.25. The summed E-state index contributed by atoms with van der Waals surface area (Å²) in [6.07, 6.45) is -0.213. The molecule has 18 heavy (non-hydrogen) atoms. The van der Waals surface area contributed by atoms with Gasteiger partial charge in [-0.1, -0.05) is 36.9 Å². The summed E-state index contributed by atoms with van der Waals surface area (Å²) in [5.41, 5.74) is -1.99. The molecule has 2 rings (SSSR count). The first-order chi connectivity index (χ1) is 8.45. The summed E-state index contributed by atoms with van der Waals surface area (Å²) in [4.78, 5) is 23.2. The van der Waals surface area contributed by atoms with Crippen molar-refractivity contribution >= 4 is 11.8 Å². The quantitative estimate of drug-likeness (QED) is 0.498.